The van der Waals surface area contributed by atoms with Gasteiger partial charge in [0.15, 0.2) is 0 Å². The molecule has 0 atom stereocenters. The fourth-order valence-corrected chi connectivity index (χ4v) is 3.87. The lowest BCUT2D eigenvalue weighted by atomic mass is 10.2. The normalized spacial score (nSPS) is 13.5. The number of pyridine rings is 1. The van der Waals surface area contributed by atoms with E-state index in [2.05, 4.69) is 4.98 Å². The second-order valence-electron chi connectivity index (χ2n) is 7.01. The largest absolute Gasteiger partial charge is 0.324 e. The lowest BCUT2D eigenvalue weighted by Gasteiger charge is -2.17. The average molecular weight is 358 g/mol. The number of rotatable bonds is 1. The van der Waals surface area contributed by atoms with Gasteiger partial charge in [-0.2, -0.15) is 0 Å². The van der Waals surface area contributed by atoms with Crippen LogP contribution in [0.1, 0.15) is 21.6 Å². The van der Waals surface area contributed by atoms with E-state index in [4.69, 9.17) is 0 Å². The monoisotopic (exact) mass is 358 g/mol. The van der Waals surface area contributed by atoms with Crippen molar-refractivity contribution in [1.82, 2.24) is 14.0 Å². The summed E-state index contributed by atoms with van der Waals surface area (Å²) in [5, 5.41) is 0.455. The minimum atomic E-state index is -0.157. The number of carbonyl (C=O) groups excluding carboxylic acids is 1. The fourth-order valence-electron chi connectivity index (χ4n) is 3.87. The standard InChI is InChI=1S/C21H18N4O2/c1-13-7-8-18-22-19-15(20(26)25(18)12-13)11-17(23(19)2)21(27)24-10-9-14-5-3-4-6-16(14)24/h3-8,11-12H,9-10H2,1-2H3. The van der Waals surface area contributed by atoms with Crippen LogP contribution in [0, 0.1) is 6.92 Å². The van der Waals surface area contributed by atoms with E-state index in [-0.39, 0.29) is 11.5 Å². The van der Waals surface area contributed by atoms with Crippen LogP contribution in [0.4, 0.5) is 5.69 Å². The van der Waals surface area contributed by atoms with Crippen molar-refractivity contribution in [1.29, 1.82) is 0 Å². The van der Waals surface area contributed by atoms with Crippen molar-refractivity contribution in [3.8, 4) is 0 Å². The molecule has 3 aromatic heterocycles. The third-order valence-electron chi connectivity index (χ3n) is 5.30. The predicted octanol–water partition coefficient (Wildman–Crippen LogP) is 2.70. The molecule has 0 aliphatic carbocycles. The van der Waals surface area contributed by atoms with Crippen LogP contribution in [0.15, 0.2) is 53.5 Å². The van der Waals surface area contributed by atoms with Gasteiger partial charge >= 0.3 is 0 Å². The molecule has 0 saturated carbocycles. The summed E-state index contributed by atoms with van der Waals surface area (Å²) in [6, 6.07) is 13.4. The van der Waals surface area contributed by atoms with Crippen molar-refractivity contribution in [3.63, 3.8) is 0 Å². The van der Waals surface area contributed by atoms with Crippen LogP contribution in [-0.2, 0) is 13.5 Å². The molecule has 4 heterocycles. The maximum Gasteiger partial charge on any atom is 0.274 e. The summed E-state index contributed by atoms with van der Waals surface area (Å²) in [7, 11) is 1.79. The quantitative estimate of drug-likeness (QED) is 0.526. The number of carbonyl (C=O) groups is 1. The summed E-state index contributed by atoms with van der Waals surface area (Å²) in [6.07, 6.45) is 2.62. The predicted molar refractivity (Wildman–Crippen MR) is 104 cm³/mol. The molecular weight excluding hydrogens is 340 g/mol. The molecule has 1 amide bonds. The van der Waals surface area contributed by atoms with Gasteiger partial charge in [0.2, 0.25) is 0 Å². The minimum absolute atomic E-state index is 0.106. The van der Waals surface area contributed by atoms with Crippen molar-refractivity contribution >= 4 is 28.3 Å². The smallest absolute Gasteiger partial charge is 0.274 e. The first-order valence-electron chi connectivity index (χ1n) is 8.93. The van der Waals surface area contributed by atoms with E-state index < -0.39 is 0 Å². The molecule has 0 fully saturated rings. The van der Waals surface area contributed by atoms with E-state index in [1.54, 1.807) is 28.8 Å². The van der Waals surface area contributed by atoms with Crippen LogP contribution in [0.5, 0.6) is 0 Å². The highest BCUT2D eigenvalue weighted by molar-refractivity contribution is 6.08. The van der Waals surface area contributed by atoms with Crippen LogP contribution in [0.25, 0.3) is 16.7 Å². The number of benzene rings is 1. The van der Waals surface area contributed by atoms with Crippen LogP contribution in [0.2, 0.25) is 0 Å². The van der Waals surface area contributed by atoms with Crippen LogP contribution >= 0.6 is 0 Å². The Kier molecular flexibility index (Phi) is 3.25. The Morgan fingerprint density at radius 1 is 1.15 bits per heavy atom. The number of anilines is 1. The maximum atomic E-state index is 13.2. The summed E-state index contributed by atoms with van der Waals surface area (Å²) >= 11 is 0. The van der Waals surface area contributed by atoms with Gasteiger partial charge in [-0.1, -0.05) is 24.3 Å². The number of hydrogen-bond donors (Lipinski definition) is 0. The zero-order valence-electron chi connectivity index (χ0n) is 15.1. The molecule has 6 heteroatoms. The SMILES string of the molecule is Cc1ccc2nc3c(cc(C(=O)N4CCc5ccccc54)n3C)c(=O)n2c1. The third kappa shape index (κ3) is 2.23. The molecular formula is C21H18N4O2. The second-order valence-corrected chi connectivity index (χ2v) is 7.01. The van der Waals surface area contributed by atoms with Crippen LogP contribution < -0.4 is 10.5 Å². The molecule has 5 rings (SSSR count). The van der Waals surface area contributed by atoms with E-state index in [1.165, 1.54) is 9.96 Å². The maximum absolute atomic E-state index is 13.2. The molecule has 0 saturated heterocycles. The van der Waals surface area contributed by atoms with Crippen molar-refractivity contribution < 1.29 is 4.79 Å². The zero-order chi connectivity index (χ0) is 18.7. The van der Waals surface area contributed by atoms with E-state index in [0.29, 0.717) is 28.9 Å². The number of aryl methyl sites for hydroxylation is 2. The topological polar surface area (TPSA) is 59.6 Å². The molecule has 1 aromatic carbocycles. The van der Waals surface area contributed by atoms with E-state index in [0.717, 1.165) is 17.7 Å². The van der Waals surface area contributed by atoms with E-state index in [1.807, 2.05) is 43.3 Å². The lowest BCUT2D eigenvalue weighted by molar-refractivity contribution is 0.0982. The molecule has 4 aromatic rings. The van der Waals surface area contributed by atoms with Crippen LogP contribution in [0.3, 0.4) is 0 Å². The van der Waals surface area contributed by atoms with Gasteiger partial charge in [0.25, 0.3) is 11.5 Å². The molecule has 0 radical (unpaired) electrons. The number of amides is 1. The van der Waals surface area contributed by atoms with E-state index >= 15 is 0 Å². The first-order valence-corrected chi connectivity index (χ1v) is 8.93. The Labute approximate surface area is 155 Å². The highest BCUT2D eigenvalue weighted by Gasteiger charge is 2.28. The Balaban J connectivity index is 1.69. The van der Waals surface area contributed by atoms with Gasteiger partial charge in [0.05, 0.1) is 5.39 Å². The van der Waals surface area contributed by atoms with Crippen molar-refractivity contribution in [2.75, 3.05) is 11.4 Å². The zero-order valence-corrected chi connectivity index (χ0v) is 15.1. The Morgan fingerprint density at radius 3 is 2.81 bits per heavy atom. The van der Waals surface area contributed by atoms with Gasteiger partial charge in [-0.15, -0.1) is 0 Å². The number of nitrogens with zero attached hydrogens (tertiary/aromatic N) is 4. The van der Waals surface area contributed by atoms with Crippen molar-refractivity contribution in [2.24, 2.45) is 7.05 Å². The Morgan fingerprint density at radius 2 is 1.96 bits per heavy atom. The van der Waals surface area contributed by atoms with Gasteiger partial charge < -0.3 is 9.47 Å². The molecule has 0 unspecified atom stereocenters. The first-order chi connectivity index (χ1) is 13.0. The number of aromatic nitrogens is 3. The molecule has 134 valence electrons. The van der Waals surface area contributed by atoms with Crippen molar-refractivity contribution in [2.45, 2.75) is 13.3 Å². The summed E-state index contributed by atoms with van der Waals surface area (Å²) in [5.74, 6) is -0.106. The second kappa shape index (κ2) is 5.54. The molecule has 0 N–H and O–H groups in total. The van der Waals surface area contributed by atoms with Gasteiger partial charge in [-0.3, -0.25) is 14.0 Å². The third-order valence-corrected chi connectivity index (χ3v) is 5.30. The molecule has 0 spiro atoms. The average Bonchev–Trinajstić information content (AvgIpc) is 3.24. The first kappa shape index (κ1) is 15.8. The fraction of sp³-hybridized carbons (Fsp3) is 0.190. The van der Waals surface area contributed by atoms with Gasteiger partial charge in [0.1, 0.15) is 17.0 Å². The summed E-state index contributed by atoms with van der Waals surface area (Å²) in [5.41, 5.74) is 4.51. The van der Waals surface area contributed by atoms with Crippen LogP contribution in [-0.4, -0.2) is 26.4 Å². The molecule has 1 aliphatic rings. The minimum Gasteiger partial charge on any atom is -0.324 e. The van der Waals surface area contributed by atoms with Gasteiger partial charge in [0, 0.05) is 25.5 Å². The number of para-hydroxylation sites is 1. The van der Waals surface area contributed by atoms with Gasteiger partial charge in [-0.25, -0.2) is 4.98 Å². The van der Waals surface area contributed by atoms with E-state index in [9.17, 15) is 9.59 Å². The van der Waals surface area contributed by atoms with Crippen molar-refractivity contribution in [3.05, 3.63) is 75.8 Å². The molecule has 1 aliphatic heterocycles. The highest BCUT2D eigenvalue weighted by atomic mass is 16.2. The number of fused-ring (bicyclic) bond motifs is 3. The summed E-state index contributed by atoms with van der Waals surface area (Å²) in [6.45, 7) is 2.58. The molecule has 6 nitrogen and oxygen atoms in total. The highest BCUT2D eigenvalue weighted by Crippen LogP contribution is 2.29. The summed E-state index contributed by atoms with van der Waals surface area (Å²) < 4.78 is 3.26. The Bertz CT molecular complexity index is 1300. The molecule has 0 bridgehead atoms. The molecule has 27 heavy (non-hydrogen) atoms. The summed E-state index contributed by atoms with van der Waals surface area (Å²) in [4.78, 5) is 32.6. The number of hydrogen-bond acceptors (Lipinski definition) is 3. The lowest BCUT2D eigenvalue weighted by Crippen LogP contribution is -2.30. The van der Waals surface area contributed by atoms with Gasteiger partial charge in [-0.05, 0) is 42.7 Å². The Hall–Kier alpha value is -3.41.